The van der Waals surface area contributed by atoms with E-state index in [9.17, 15) is 0 Å². The van der Waals surface area contributed by atoms with Gasteiger partial charge < -0.3 is 10.1 Å². The second-order valence-electron chi connectivity index (χ2n) is 5.51. The average molecular weight is 327 g/mol. The van der Waals surface area contributed by atoms with Crippen molar-refractivity contribution in [2.75, 3.05) is 7.11 Å². The molecular weight excluding hydrogens is 306 g/mol. The zero-order chi connectivity index (χ0) is 16.1. The van der Waals surface area contributed by atoms with Crippen LogP contribution in [0, 0.1) is 0 Å². The van der Waals surface area contributed by atoms with Gasteiger partial charge in [0.05, 0.1) is 13.7 Å². The zero-order valence-electron chi connectivity index (χ0n) is 13.4. The summed E-state index contributed by atoms with van der Waals surface area (Å²) < 4.78 is 7.40. The number of aromatic nitrogens is 2. The van der Waals surface area contributed by atoms with Gasteiger partial charge in [-0.15, -0.1) is 0 Å². The molecule has 0 amide bonds. The smallest absolute Gasteiger partial charge is 0.123 e. The second-order valence-corrected chi connectivity index (χ2v) is 6.29. The Hall–Kier alpha value is -2.11. The monoisotopic (exact) mass is 327 g/mol. The van der Waals surface area contributed by atoms with E-state index in [1.165, 1.54) is 11.1 Å². The first-order chi connectivity index (χ1) is 11.3. The third-order valence-electron chi connectivity index (χ3n) is 3.89. The summed E-state index contributed by atoms with van der Waals surface area (Å²) in [5.74, 6) is 0.897. The Morgan fingerprint density at radius 1 is 1.35 bits per heavy atom. The minimum atomic E-state index is 0.275. The standard InChI is InChI=1S/C18H21N3OS/c1-14(19-11-15-6-9-23-13-15)16-4-5-18(22-2)17(10-16)12-21-8-3-7-20-21/h3-10,13-14,19H,11-12H2,1-2H3/t14-/m1/s1. The summed E-state index contributed by atoms with van der Waals surface area (Å²) in [5, 5.41) is 12.1. The van der Waals surface area contributed by atoms with Gasteiger partial charge in [0, 0.05) is 30.5 Å². The van der Waals surface area contributed by atoms with Gasteiger partial charge in [-0.1, -0.05) is 6.07 Å². The molecule has 1 N–H and O–H groups in total. The van der Waals surface area contributed by atoms with E-state index < -0.39 is 0 Å². The van der Waals surface area contributed by atoms with Crippen molar-refractivity contribution in [3.8, 4) is 5.75 Å². The van der Waals surface area contributed by atoms with Crippen molar-refractivity contribution in [2.45, 2.75) is 26.1 Å². The minimum Gasteiger partial charge on any atom is -0.496 e. The molecule has 3 aromatic rings. The highest BCUT2D eigenvalue weighted by Crippen LogP contribution is 2.24. The lowest BCUT2D eigenvalue weighted by molar-refractivity contribution is 0.406. The van der Waals surface area contributed by atoms with E-state index in [-0.39, 0.29) is 6.04 Å². The number of thiophene rings is 1. The highest BCUT2D eigenvalue weighted by Gasteiger charge is 2.10. The summed E-state index contributed by atoms with van der Waals surface area (Å²) in [6.45, 7) is 3.78. The van der Waals surface area contributed by atoms with Crippen LogP contribution >= 0.6 is 11.3 Å². The van der Waals surface area contributed by atoms with Crippen molar-refractivity contribution in [3.05, 3.63) is 70.2 Å². The molecule has 3 rings (SSSR count). The quantitative estimate of drug-likeness (QED) is 0.716. The molecule has 1 aromatic carbocycles. The zero-order valence-corrected chi connectivity index (χ0v) is 14.2. The predicted molar refractivity (Wildman–Crippen MR) is 93.9 cm³/mol. The van der Waals surface area contributed by atoms with Crippen molar-refractivity contribution >= 4 is 11.3 Å². The van der Waals surface area contributed by atoms with Crippen molar-refractivity contribution in [1.82, 2.24) is 15.1 Å². The van der Waals surface area contributed by atoms with E-state index in [0.29, 0.717) is 6.54 Å². The van der Waals surface area contributed by atoms with Crippen LogP contribution in [0.15, 0.2) is 53.5 Å². The van der Waals surface area contributed by atoms with Gasteiger partial charge in [-0.3, -0.25) is 4.68 Å². The fourth-order valence-electron chi connectivity index (χ4n) is 2.54. The largest absolute Gasteiger partial charge is 0.496 e. The fourth-order valence-corrected chi connectivity index (χ4v) is 3.21. The van der Waals surface area contributed by atoms with Gasteiger partial charge in [-0.2, -0.15) is 16.4 Å². The lowest BCUT2D eigenvalue weighted by atomic mass is 10.0. The van der Waals surface area contributed by atoms with Gasteiger partial charge >= 0.3 is 0 Å². The Morgan fingerprint density at radius 2 is 2.26 bits per heavy atom. The second kappa shape index (κ2) is 7.44. The van der Waals surface area contributed by atoms with Gasteiger partial charge in [0.2, 0.25) is 0 Å². The highest BCUT2D eigenvalue weighted by molar-refractivity contribution is 7.07. The van der Waals surface area contributed by atoms with Crippen LogP contribution < -0.4 is 10.1 Å². The fraction of sp³-hybridized carbons (Fsp3) is 0.278. The average Bonchev–Trinajstić information content (AvgIpc) is 3.26. The number of rotatable bonds is 7. The summed E-state index contributed by atoms with van der Waals surface area (Å²) in [4.78, 5) is 0. The van der Waals surface area contributed by atoms with E-state index in [4.69, 9.17) is 4.74 Å². The number of nitrogens with zero attached hydrogens (tertiary/aromatic N) is 2. The van der Waals surface area contributed by atoms with Crippen LogP contribution in [0.5, 0.6) is 5.75 Å². The maximum absolute atomic E-state index is 5.49. The molecule has 23 heavy (non-hydrogen) atoms. The van der Waals surface area contributed by atoms with Crippen LogP contribution in [0.3, 0.4) is 0 Å². The molecule has 4 nitrogen and oxygen atoms in total. The van der Waals surface area contributed by atoms with Gasteiger partial charge in [0.25, 0.3) is 0 Å². The maximum Gasteiger partial charge on any atom is 0.123 e. The van der Waals surface area contributed by atoms with Crippen molar-refractivity contribution in [1.29, 1.82) is 0 Å². The SMILES string of the molecule is COc1ccc([C@@H](C)NCc2ccsc2)cc1Cn1cccn1. The summed E-state index contributed by atoms with van der Waals surface area (Å²) in [6.07, 6.45) is 3.76. The first-order valence-electron chi connectivity index (χ1n) is 7.65. The molecule has 0 fully saturated rings. The molecule has 0 aliphatic rings. The van der Waals surface area contributed by atoms with E-state index in [1.807, 2.05) is 23.0 Å². The molecule has 0 aliphatic carbocycles. The highest BCUT2D eigenvalue weighted by atomic mass is 32.1. The van der Waals surface area contributed by atoms with Gasteiger partial charge in [-0.25, -0.2) is 0 Å². The van der Waals surface area contributed by atoms with Crippen LogP contribution in [0.4, 0.5) is 0 Å². The molecular formula is C18H21N3OS. The molecule has 0 bridgehead atoms. The minimum absolute atomic E-state index is 0.275. The van der Waals surface area contributed by atoms with Gasteiger partial charge in [0.15, 0.2) is 0 Å². The molecule has 120 valence electrons. The third kappa shape index (κ3) is 4.00. The first-order valence-corrected chi connectivity index (χ1v) is 8.59. The number of methoxy groups -OCH3 is 1. The van der Waals surface area contributed by atoms with Crippen LogP contribution in [0.25, 0.3) is 0 Å². The Balaban J connectivity index is 1.73. The number of benzene rings is 1. The molecule has 0 saturated carbocycles. The normalized spacial score (nSPS) is 12.3. The van der Waals surface area contributed by atoms with Crippen molar-refractivity contribution < 1.29 is 4.74 Å². The molecule has 0 radical (unpaired) electrons. The molecule has 2 aromatic heterocycles. The van der Waals surface area contributed by atoms with Gasteiger partial charge in [-0.05, 0) is 53.1 Å². The number of hydrogen-bond donors (Lipinski definition) is 1. The molecule has 2 heterocycles. The molecule has 0 aliphatic heterocycles. The van der Waals surface area contributed by atoms with Crippen molar-refractivity contribution in [3.63, 3.8) is 0 Å². The first kappa shape index (κ1) is 15.8. The van der Waals surface area contributed by atoms with E-state index in [0.717, 1.165) is 17.9 Å². The summed E-state index contributed by atoms with van der Waals surface area (Å²) in [7, 11) is 1.71. The Bertz CT molecular complexity index is 723. The molecule has 0 spiro atoms. The van der Waals surface area contributed by atoms with Crippen molar-refractivity contribution in [2.24, 2.45) is 0 Å². The molecule has 0 saturated heterocycles. The van der Waals surface area contributed by atoms with Crippen LogP contribution in [0.2, 0.25) is 0 Å². The van der Waals surface area contributed by atoms with Crippen LogP contribution in [-0.2, 0) is 13.1 Å². The number of hydrogen-bond acceptors (Lipinski definition) is 4. The van der Waals surface area contributed by atoms with Gasteiger partial charge in [0.1, 0.15) is 5.75 Å². The van der Waals surface area contributed by atoms with E-state index in [2.05, 4.69) is 46.3 Å². The number of nitrogens with one attached hydrogen (secondary N) is 1. The van der Waals surface area contributed by atoms with Crippen LogP contribution in [-0.4, -0.2) is 16.9 Å². The van der Waals surface area contributed by atoms with Crippen LogP contribution in [0.1, 0.15) is 29.7 Å². The lowest BCUT2D eigenvalue weighted by Gasteiger charge is -2.17. The molecule has 5 heteroatoms. The third-order valence-corrected chi connectivity index (χ3v) is 4.62. The lowest BCUT2D eigenvalue weighted by Crippen LogP contribution is -2.18. The Labute approximate surface area is 140 Å². The molecule has 0 unspecified atom stereocenters. The van der Waals surface area contributed by atoms with E-state index >= 15 is 0 Å². The summed E-state index contributed by atoms with van der Waals surface area (Å²) in [5.41, 5.74) is 3.72. The van der Waals surface area contributed by atoms with E-state index in [1.54, 1.807) is 24.6 Å². The topological polar surface area (TPSA) is 39.1 Å². The number of ether oxygens (including phenoxy) is 1. The summed E-state index contributed by atoms with van der Waals surface area (Å²) >= 11 is 1.73. The predicted octanol–water partition coefficient (Wildman–Crippen LogP) is 3.85. The Kier molecular flexibility index (Phi) is 5.10. The molecule has 1 atom stereocenters. The Morgan fingerprint density at radius 3 is 2.96 bits per heavy atom. The summed E-state index contributed by atoms with van der Waals surface area (Å²) in [6, 6.07) is 10.7. The maximum atomic E-state index is 5.49.